The van der Waals surface area contributed by atoms with E-state index >= 15 is 0 Å². The molecule has 0 bridgehead atoms. The van der Waals surface area contributed by atoms with Crippen LogP contribution in [-0.4, -0.2) is 33.7 Å². The summed E-state index contributed by atoms with van der Waals surface area (Å²) in [6.45, 7) is 1.80. The van der Waals surface area contributed by atoms with Crippen molar-refractivity contribution in [2.24, 2.45) is 0 Å². The first-order chi connectivity index (χ1) is 13.6. The van der Waals surface area contributed by atoms with Gasteiger partial charge in [0.25, 0.3) is 11.5 Å². The number of hydrogen-bond acceptors (Lipinski definition) is 4. The minimum absolute atomic E-state index is 0.176. The van der Waals surface area contributed by atoms with Crippen LogP contribution in [0.3, 0.4) is 0 Å². The number of hydrogen-bond donors (Lipinski definition) is 2. The number of nitrogens with zero attached hydrogens (tertiary/aromatic N) is 2. The summed E-state index contributed by atoms with van der Waals surface area (Å²) in [5.74, 6) is 0.514. The number of aryl methyl sites for hydroxylation is 1. The molecule has 7 nitrogen and oxygen atoms in total. The second-order valence-electron chi connectivity index (χ2n) is 7.30. The summed E-state index contributed by atoms with van der Waals surface area (Å²) in [7, 11) is 1.61. The first-order valence-electron chi connectivity index (χ1n) is 9.65. The Labute approximate surface area is 162 Å². The van der Waals surface area contributed by atoms with E-state index in [2.05, 4.69) is 15.4 Å². The first kappa shape index (κ1) is 18.3. The Morgan fingerprint density at radius 3 is 2.61 bits per heavy atom. The van der Waals surface area contributed by atoms with Crippen LogP contribution in [0.1, 0.15) is 48.3 Å². The monoisotopic (exact) mass is 380 g/mol. The maximum absolute atomic E-state index is 13.1. The van der Waals surface area contributed by atoms with Crippen LogP contribution in [-0.2, 0) is 0 Å². The molecule has 2 aromatic heterocycles. The van der Waals surface area contributed by atoms with Gasteiger partial charge in [-0.15, -0.1) is 0 Å². The number of amides is 1. The molecule has 0 saturated heterocycles. The maximum Gasteiger partial charge on any atom is 0.272 e. The Hall–Kier alpha value is -3.09. The first-order valence-corrected chi connectivity index (χ1v) is 9.65. The van der Waals surface area contributed by atoms with E-state index in [0.717, 1.165) is 37.0 Å². The zero-order valence-electron chi connectivity index (χ0n) is 16.1. The SMILES string of the molecule is COc1ccc(-c2c(C(=O)NC3CCCCC3)nn3c(C)cc(=O)[nH]c23)cc1. The largest absolute Gasteiger partial charge is 0.497 e. The average molecular weight is 380 g/mol. The van der Waals surface area contributed by atoms with Crippen molar-refractivity contribution in [2.45, 2.75) is 45.1 Å². The number of carbonyl (C=O) groups excluding carboxylic acids is 1. The highest BCUT2D eigenvalue weighted by Gasteiger charge is 2.25. The molecule has 0 radical (unpaired) electrons. The van der Waals surface area contributed by atoms with Crippen LogP contribution >= 0.6 is 0 Å². The van der Waals surface area contributed by atoms with Gasteiger partial charge in [0.2, 0.25) is 0 Å². The highest BCUT2D eigenvalue weighted by Crippen LogP contribution is 2.29. The minimum atomic E-state index is -0.223. The number of aromatic amines is 1. The fourth-order valence-electron chi connectivity index (χ4n) is 3.88. The quantitative estimate of drug-likeness (QED) is 0.728. The Kier molecular flexibility index (Phi) is 4.90. The van der Waals surface area contributed by atoms with Crippen molar-refractivity contribution in [1.82, 2.24) is 19.9 Å². The molecule has 146 valence electrons. The number of carbonyl (C=O) groups is 1. The van der Waals surface area contributed by atoms with Crippen LogP contribution in [0.2, 0.25) is 0 Å². The Bertz CT molecular complexity index is 1060. The fourth-order valence-corrected chi connectivity index (χ4v) is 3.88. The molecular formula is C21H24N4O3. The molecule has 7 heteroatoms. The van der Waals surface area contributed by atoms with Gasteiger partial charge in [-0.25, -0.2) is 4.52 Å². The van der Waals surface area contributed by atoms with Crippen LogP contribution in [0.4, 0.5) is 0 Å². The van der Waals surface area contributed by atoms with Crippen molar-refractivity contribution in [2.75, 3.05) is 7.11 Å². The van der Waals surface area contributed by atoms with Crippen molar-refractivity contribution in [3.63, 3.8) is 0 Å². The lowest BCUT2D eigenvalue weighted by Crippen LogP contribution is -2.36. The van der Waals surface area contributed by atoms with Crippen molar-refractivity contribution < 1.29 is 9.53 Å². The summed E-state index contributed by atoms with van der Waals surface area (Å²) in [5.41, 5.74) is 2.70. The predicted molar refractivity (Wildman–Crippen MR) is 107 cm³/mol. The van der Waals surface area contributed by atoms with E-state index in [0.29, 0.717) is 22.6 Å². The second kappa shape index (κ2) is 7.50. The average Bonchev–Trinajstić information content (AvgIpc) is 3.08. The van der Waals surface area contributed by atoms with E-state index in [9.17, 15) is 9.59 Å². The van der Waals surface area contributed by atoms with E-state index in [1.807, 2.05) is 24.3 Å². The molecular weight excluding hydrogens is 356 g/mol. The molecule has 1 aliphatic rings. The molecule has 4 rings (SSSR count). The number of ether oxygens (including phenoxy) is 1. The van der Waals surface area contributed by atoms with Crippen molar-refractivity contribution in [3.8, 4) is 16.9 Å². The number of nitrogens with one attached hydrogen (secondary N) is 2. The van der Waals surface area contributed by atoms with E-state index in [1.54, 1.807) is 18.5 Å². The third-order valence-electron chi connectivity index (χ3n) is 5.34. The molecule has 0 spiro atoms. The van der Waals surface area contributed by atoms with Gasteiger partial charge in [0.05, 0.1) is 12.7 Å². The van der Waals surface area contributed by atoms with Gasteiger partial charge in [-0.05, 0) is 37.5 Å². The van der Waals surface area contributed by atoms with E-state index < -0.39 is 0 Å². The lowest BCUT2D eigenvalue weighted by molar-refractivity contribution is 0.0923. The van der Waals surface area contributed by atoms with Gasteiger partial charge >= 0.3 is 0 Å². The molecule has 3 aromatic rings. The van der Waals surface area contributed by atoms with E-state index in [-0.39, 0.29) is 17.5 Å². The van der Waals surface area contributed by atoms with Gasteiger partial charge in [0.1, 0.15) is 11.4 Å². The van der Waals surface area contributed by atoms with Crippen LogP contribution < -0.4 is 15.6 Å². The smallest absolute Gasteiger partial charge is 0.272 e. The van der Waals surface area contributed by atoms with E-state index in [1.165, 1.54) is 12.5 Å². The summed E-state index contributed by atoms with van der Waals surface area (Å²) in [6.07, 6.45) is 5.47. The predicted octanol–water partition coefficient (Wildman–Crippen LogP) is 3.07. The zero-order valence-corrected chi connectivity index (χ0v) is 16.1. The van der Waals surface area contributed by atoms with Gasteiger partial charge < -0.3 is 15.0 Å². The minimum Gasteiger partial charge on any atom is -0.497 e. The van der Waals surface area contributed by atoms with Crippen molar-refractivity contribution in [1.29, 1.82) is 0 Å². The number of rotatable bonds is 4. The highest BCUT2D eigenvalue weighted by atomic mass is 16.5. The molecule has 1 amide bonds. The van der Waals surface area contributed by atoms with Crippen molar-refractivity contribution in [3.05, 3.63) is 52.1 Å². The molecule has 1 aliphatic carbocycles. The van der Waals surface area contributed by atoms with Crippen molar-refractivity contribution >= 4 is 11.6 Å². The zero-order chi connectivity index (χ0) is 19.7. The third kappa shape index (κ3) is 3.40. The molecule has 0 unspecified atom stereocenters. The Morgan fingerprint density at radius 1 is 1.21 bits per heavy atom. The standard InChI is InChI=1S/C21H24N4O3/c1-13-12-17(26)23-20-18(14-8-10-16(28-2)11-9-14)19(24-25(13)20)21(27)22-15-6-4-3-5-7-15/h8-12,15H,3-7H2,1-2H3,(H,22,27)(H,23,26). The van der Waals surface area contributed by atoms with Gasteiger partial charge in [-0.2, -0.15) is 5.10 Å². The summed E-state index contributed by atoms with van der Waals surface area (Å²) in [6, 6.07) is 9.04. The number of H-pyrrole nitrogens is 1. The van der Waals surface area contributed by atoms with E-state index in [4.69, 9.17) is 4.74 Å². The lowest BCUT2D eigenvalue weighted by Gasteiger charge is -2.22. The summed E-state index contributed by atoms with van der Waals surface area (Å²) >= 11 is 0. The van der Waals surface area contributed by atoms with Gasteiger partial charge in [-0.1, -0.05) is 31.4 Å². The summed E-state index contributed by atoms with van der Waals surface area (Å²) in [4.78, 5) is 28.0. The van der Waals surface area contributed by atoms with Crippen LogP contribution in [0.25, 0.3) is 16.8 Å². The summed E-state index contributed by atoms with van der Waals surface area (Å²) < 4.78 is 6.85. The molecule has 1 aromatic carbocycles. The molecule has 0 aliphatic heterocycles. The van der Waals surface area contributed by atoms with Crippen LogP contribution in [0.5, 0.6) is 5.75 Å². The van der Waals surface area contributed by atoms with Crippen LogP contribution in [0.15, 0.2) is 35.1 Å². The number of methoxy groups -OCH3 is 1. The Morgan fingerprint density at radius 2 is 1.93 bits per heavy atom. The molecule has 1 saturated carbocycles. The lowest BCUT2D eigenvalue weighted by atomic mass is 9.95. The number of benzene rings is 1. The topological polar surface area (TPSA) is 88.5 Å². The molecule has 1 fully saturated rings. The third-order valence-corrected chi connectivity index (χ3v) is 5.34. The van der Waals surface area contributed by atoms with Gasteiger partial charge in [0.15, 0.2) is 5.69 Å². The molecule has 0 atom stereocenters. The summed E-state index contributed by atoms with van der Waals surface area (Å²) in [5, 5.41) is 7.67. The molecule has 28 heavy (non-hydrogen) atoms. The fraction of sp³-hybridized carbons (Fsp3) is 0.381. The van der Waals surface area contributed by atoms with Crippen LogP contribution in [0, 0.1) is 6.92 Å². The maximum atomic E-state index is 13.1. The molecule has 2 heterocycles. The van der Waals surface area contributed by atoms with Gasteiger partial charge in [0, 0.05) is 17.8 Å². The Balaban J connectivity index is 1.83. The van der Waals surface area contributed by atoms with Gasteiger partial charge in [-0.3, -0.25) is 9.59 Å². The number of aromatic nitrogens is 3. The normalized spacial score (nSPS) is 14.9. The highest BCUT2D eigenvalue weighted by molar-refractivity contribution is 6.02. The molecule has 2 N–H and O–H groups in total. The second-order valence-corrected chi connectivity index (χ2v) is 7.30. The number of fused-ring (bicyclic) bond motifs is 1.